The Kier molecular flexibility index (Phi) is 2.17. The summed E-state index contributed by atoms with van der Waals surface area (Å²) in [7, 11) is 0. The first kappa shape index (κ1) is 8.77. The van der Waals surface area contributed by atoms with Gasteiger partial charge in [-0.05, 0) is 19.8 Å². The smallest absolute Gasteiger partial charge is 0.322 e. The summed E-state index contributed by atoms with van der Waals surface area (Å²) < 4.78 is 0. The molecule has 0 aliphatic carbocycles. The molecule has 4 heteroatoms. The number of nitrogens with one attached hydrogen (secondary N) is 2. The molecule has 0 radical (unpaired) electrons. The van der Waals surface area contributed by atoms with Crippen molar-refractivity contribution >= 4 is 11.9 Å². The molecule has 1 fully saturated rings. The lowest BCUT2D eigenvalue weighted by Gasteiger charge is -2.18. The number of hydrogen-bond acceptors (Lipinski definition) is 2. The molecular weight excluding hydrogens is 156 g/mol. The van der Waals surface area contributed by atoms with Crippen LogP contribution in [0.3, 0.4) is 0 Å². The van der Waals surface area contributed by atoms with Gasteiger partial charge < -0.3 is 5.32 Å². The zero-order valence-corrected chi connectivity index (χ0v) is 7.02. The summed E-state index contributed by atoms with van der Waals surface area (Å²) in [5.74, 6) is -0.255. The van der Waals surface area contributed by atoms with E-state index in [9.17, 15) is 9.59 Å². The number of hydrogen-bond donors (Lipinski definition) is 2. The Balaban J connectivity index is 2.64. The lowest BCUT2D eigenvalue weighted by atomic mass is 9.96. The number of amides is 3. The number of carbonyl (C=O) groups excluding carboxylic acids is 2. The average Bonchev–Trinajstić information content (AvgIpc) is 2.23. The molecule has 1 heterocycles. The predicted octanol–water partition coefficient (Wildman–Crippen LogP) is 0.551. The molecule has 1 aliphatic heterocycles. The highest BCUT2D eigenvalue weighted by atomic mass is 16.2. The number of rotatable bonds is 3. The second-order valence-electron chi connectivity index (χ2n) is 3.07. The van der Waals surface area contributed by atoms with Crippen molar-refractivity contribution in [2.75, 3.05) is 0 Å². The van der Waals surface area contributed by atoms with Crippen molar-refractivity contribution in [2.45, 2.75) is 25.3 Å². The van der Waals surface area contributed by atoms with Gasteiger partial charge in [0.25, 0.3) is 5.91 Å². The minimum atomic E-state index is -0.745. The molecule has 0 unspecified atom stereocenters. The minimum Gasteiger partial charge on any atom is -0.324 e. The topological polar surface area (TPSA) is 58.2 Å². The van der Waals surface area contributed by atoms with Gasteiger partial charge in [0.15, 0.2) is 0 Å². The standard InChI is InChI=1S/C8H12N2O2/c1-3-4-5-8(2)6(11)9-7(12)10-8/h3H,1,4-5H2,2H3,(H2,9,10,11,12)/t8-/m0/s1. The van der Waals surface area contributed by atoms with Gasteiger partial charge in [-0.15, -0.1) is 6.58 Å². The molecular formula is C8H12N2O2. The van der Waals surface area contributed by atoms with Crippen LogP contribution in [0.25, 0.3) is 0 Å². The molecule has 3 amide bonds. The van der Waals surface area contributed by atoms with Crippen LogP contribution < -0.4 is 10.6 Å². The third-order valence-corrected chi connectivity index (χ3v) is 1.97. The Morgan fingerprint density at radius 1 is 1.58 bits per heavy atom. The molecule has 1 aliphatic rings. The Hall–Kier alpha value is -1.32. The Bertz CT molecular complexity index is 237. The highest BCUT2D eigenvalue weighted by Crippen LogP contribution is 2.16. The summed E-state index contributed by atoms with van der Waals surface area (Å²) in [4.78, 5) is 21.9. The molecule has 0 aromatic rings. The first-order chi connectivity index (χ1) is 5.58. The van der Waals surface area contributed by atoms with E-state index in [-0.39, 0.29) is 5.91 Å². The van der Waals surface area contributed by atoms with E-state index in [2.05, 4.69) is 17.2 Å². The number of allylic oxidation sites excluding steroid dienone is 1. The Morgan fingerprint density at radius 2 is 2.25 bits per heavy atom. The molecule has 0 bridgehead atoms. The fourth-order valence-electron chi connectivity index (χ4n) is 1.15. The van der Waals surface area contributed by atoms with Gasteiger partial charge in [0, 0.05) is 0 Å². The fourth-order valence-corrected chi connectivity index (χ4v) is 1.15. The van der Waals surface area contributed by atoms with E-state index in [1.54, 1.807) is 13.0 Å². The minimum absolute atomic E-state index is 0.255. The molecule has 12 heavy (non-hydrogen) atoms. The quantitative estimate of drug-likeness (QED) is 0.477. The summed E-state index contributed by atoms with van der Waals surface area (Å²) >= 11 is 0. The normalized spacial score (nSPS) is 28.1. The van der Waals surface area contributed by atoms with E-state index in [4.69, 9.17) is 0 Å². The molecule has 0 spiro atoms. The van der Waals surface area contributed by atoms with E-state index in [1.807, 2.05) is 0 Å². The van der Waals surface area contributed by atoms with Crippen LogP contribution >= 0.6 is 0 Å². The number of imide groups is 1. The molecule has 1 rings (SSSR count). The SMILES string of the molecule is C=CCC[C@]1(C)NC(=O)NC1=O. The summed E-state index contributed by atoms with van der Waals surface area (Å²) in [6.45, 7) is 5.26. The van der Waals surface area contributed by atoms with E-state index in [0.29, 0.717) is 12.8 Å². The molecule has 1 saturated heterocycles. The van der Waals surface area contributed by atoms with Gasteiger partial charge in [-0.25, -0.2) is 4.79 Å². The van der Waals surface area contributed by atoms with Gasteiger partial charge in [0.05, 0.1) is 0 Å². The first-order valence-corrected chi connectivity index (χ1v) is 3.83. The van der Waals surface area contributed by atoms with Crippen molar-refractivity contribution in [1.29, 1.82) is 0 Å². The van der Waals surface area contributed by atoms with Crippen molar-refractivity contribution in [3.8, 4) is 0 Å². The number of carbonyl (C=O) groups is 2. The maximum atomic E-state index is 11.2. The summed E-state index contributed by atoms with van der Waals surface area (Å²) in [6.07, 6.45) is 3.03. The second kappa shape index (κ2) is 2.97. The third kappa shape index (κ3) is 1.47. The van der Waals surface area contributed by atoms with Gasteiger partial charge in [0.1, 0.15) is 5.54 Å². The van der Waals surface area contributed by atoms with Crippen molar-refractivity contribution in [3.63, 3.8) is 0 Å². The van der Waals surface area contributed by atoms with E-state index in [0.717, 1.165) is 0 Å². The maximum absolute atomic E-state index is 11.2. The highest BCUT2D eigenvalue weighted by Gasteiger charge is 2.40. The maximum Gasteiger partial charge on any atom is 0.322 e. The molecule has 66 valence electrons. The van der Waals surface area contributed by atoms with Crippen molar-refractivity contribution < 1.29 is 9.59 Å². The summed E-state index contributed by atoms with van der Waals surface area (Å²) in [5.41, 5.74) is -0.745. The van der Waals surface area contributed by atoms with E-state index in [1.165, 1.54) is 0 Å². The van der Waals surface area contributed by atoms with E-state index >= 15 is 0 Å². The monoisotopic (exact) mass is 168 g/mol. The zero-order valence-electron chi connectivity index (χ0n) is 7.02. The third-order valence-electron chi connectivity index (χ3n) is 1.97. The summed E-state index contributed by atoms with van der Waals surface area (Å²) in [6, 6.07) is -0.411. The van der Waals surface area contributed by atoms with Gasteiger partial charge in [-0.2, -0.15) is 0 Å². The fraction of sp³-hybridized carbons (Fsp3) is 0.500. The van der Waals surface area contributed by atoms with Gasteiger partial charge in [0.2, 0.25) is 0 Å². The predicted molar refractivity (Wildman–Crippen MR) is 44.5 cm³/mol. The Labute approximate surface area is 71.0 Å². The van der Waals surface area contributed by atoms with E-state index < -0.39 is 11.6 Å². The van der Waals surface area contributed by atoms with Gasteiger partial charge in [-0.1, -0.05) is 6.08 Å². The van der Waals surface area contributed by atoms with Crippen LogP contribution in [0, 0.1) is 0 Å². The molecule has 1 atom stereocenters. The Morgan fingerprint density at radius 3 is 2.67 bits per heavy atom. The molecule has 0 saturated carbocycles. The van der Waals surface area contributed by atoms with Crippen LogP contribution in [-0.4, -0.2) is 17.5 Å². The molecule has 0 aromatic heterocycles. The molecule has 0 aromatic carbocycles. The summed E-state index contributed by atoms with van der Waals surface area (Å²) in [5, 5.41) is 4.76. The van der Waals surface area contributed by atoms with Crippen molar-refractivity contribution in [2.24, 2.45) is 0 Å². The zero-order chi connectivity index (χ0) is 9.19. The molecule has 2 N–H and O–H groups in total. The average molecular weight is 168 g/mol. The molecule has 4 nitrogen and oxygen atoms in total. The van der Waals surface area contributed by atoms with Gasteiger partial charge in [-0.3, -0.25) is 10.1 Å². The van der Waals surface area contributed by atoms with Crippen LogP contribution in [0.4, 0.5) is 4.79 Å². The largest absolute Gasteiger partial charge is 0.324 e. The second-order valence-corrected chi connectivity index (χ2v) is 3.07. The van der Waals surface area contributed by atoms with Crippen LogP contribution in [0.2, 0.25) is 0 Å². The van der Waals surface area contributed by atoms with Crippen molar-refractivity contribution in [3.05, 3.63) is 12.7 Å². The lowest BCUT2D eigenvalue weighted by molar-refractivity contribution is -0.123. The van der Waals surface area contributed by atoms with Crippen molar-refractivity contribution in [1.82, 2.24) is 10.6 Å². The lowest BCUT2D eigenvalue weighted by Crippen LogP contribution is -2.43. The van der Waals surface area contributed by atoms with Crippen LogP contribution in [0.1, 0.15) is 19.8 Å². The highest BCUT2D eigenvalue weighted by molar-refractivity contribution is 6.06. The van der Waals surface area contributed by atoms with Crippen LogP contribution in [-0.2, 0) is 4.79 Å². The van der Waals surface area contributed by atoms with Crippen LogP contribution in [0.15, 0.2) is 12.7 Å². The number of urea groups is 1. The van der Waals surface area contributed by atoms with Crippen LogP contribution in [0.5, 0.6) is 0 Å². The van der Waals surface area contributed by atoms with Gasteiger partial charge >= 0.3 is 6.03 Å². The first-order valence-electron chi connectivity index (χ1n) is 3.83.